The van der Waals surface area contributed by atoms with Gasteiger partial charge in [-0.15, -0.1) is 0 Å². The lowest BCUT2D eigenvalue weighted by Crippen LogP contribution is -2.21. The first-order valence-electron chi connectivity index (χ1n) is 6.11. The fourth-order valence-corrected chi connectivity index (χ4v) is 1.62. The summed E-state index contributed by atoms with van der Waals surface area (Å²) < 4.78 is 5.57. The molecular weight excluding hydrogens is 244 g/mol. The van der Waals surface area contributed by atoms with Crippen molar-refractivity contribution in [3.05, 3.63) is 51.2 Å². The molecule has 100 valence electrons. The summed E-state index contributed by atoms with van der Waals surface area (Å²) in [4.78, 5) is 27.1. The van der Waals surface area contributed by atoms with Crippen LogP contribution in [0.2, 0.25) is 0 Å². The minimum atomic E-state index is -0.511. The molecule has 0 unspecified atom stereocenters. The van der Waals surface area contributed by atoms with Crippen molar-refractivity contribution in [1.29, 1.82) is 0 Å². The molecule has 0 saturated carbocycles. The summed E-state index contributed by atoms with van der Waals surface area (Å²) in [5.41, 5.74) is 0.325. The van der Waals surface area contributed by atoms with Crippen LogP contribution >= 0.6 is 0 Å². The van der Waals surface area contributed by atoms with Crippen molar-refractivity contribution in [2.75, 3.05) is 6.61 Å². The van der Waals surface area contributed by atoms with E-state index < -0.39 is 11.2 Å². The molecule has 1 aromatic heterocycles. The first-order chi connectivity index (χ1) is 9.04. The van der Waals surface area contributed by atoms with Crippen molar-refractivity contribution in [2.45, 2.75) is 13.8 Å². The first kappa shape index (κ1) is 13.1. The Morgan fingerprint density at radius 2 is 1.79 bits per heavy atom. The van der Waals surface area contributed by atoms with Gasteiger partial charge in [-0.1, -0.05) is 13.8 Å². The van der Waals surface area contributed by atoms with E-state index in [-0.39, 0.29) is 0 Å². The van der Waals surface area contributed by atoms with E-state index in [1.807, 2.05) is 12.1 Å². The molecule has 2 aromatic rings. The number of ether oxygens (including phenoxy) is 1. The van der Waals surface area contributed by atoms with E-state index in [0.717, 1.165) is 11.3 Å². The van der Waals surface area contributed by atoms with E-state index in [4.69, 9.17) is 4.74 Å². The molecule has 0 fully saturated rings. The average molecular weight is 260 g/mol. The Kier molecular flexibility index (Phi) is 3.85. The van der Waals surface area contributed by atoms with E-state index >= 15 is 0 Å². The number of hydrogen-bond donors (Lipinski definition) is 2. The second-order valence-electron chi connectivity index (χ2n) is 4.73. The number of nitrogens with one attached hydrogen (secondary N) is 2. The Morgan fingerprint density at radius 3 is 2.37 bits per heavy atom. The molecule has 0 saturated heterocycles. The second kappa shape index (κ2) is 5.56. The summed E-state index contributed by atoms with van der Waals surface area (Å²) in [5.74, 6) is 1.23. The van der Waals surface area contributed by atoms with Crippen LogP contribution in [0.15, 0.2) is 39.9 Å². The molecule has 0 aliphatic heterocycles. The molecule has 0 atom stereocenters. The van der Waals surface area contributed by atoms with Crippen molar-refractivity contribution in [3.63, 3.8) is 0 Å². The molecule has 2 rings (SSSR count). The van der Waals surface area contributed by atoms with E-state index in [1.165, 1.54) is 6.07 Å². The maximum atomic E-state index is 11.2. The predicted octanol–water partition coefficient (Wildman–Crippen LogP) is 1.76. The highest BCUT2D eigenvalue weighted by Crippen LogP contribution is 2.19. The standard InChI is InChI=1S/C14H16N2O3/c1-9(2)8-19-11-5-3-10(4-6-11)12-7-13(17)16-14(18)15-12/h3-7,9H,8H2,1-2H3,(H2,15,16,17,18). The Balaban J connectivity index is 2.22. The van der Waals surface area contributed by atoms with Crippen molar-refractivity contribution < 1.29 is 4.74 Å². The van der Waals surface area contributed by atoms with Crippen molar-refractivity contribution in [3.8, 4) is 17.0 Å². The zero-order chi connectivity index (χ0) is 13.8. The number of benzene rings is 1. The van der Waals surface area contributed by atoms with E-state index in [0.29, 0.717) is 18.2 Å². The van der Waals surface area contributed by atoms with E-state index in [1.54, 1.807) is 12.1 Å². The van der Waals surface area contributed by atoms with Crippen molar-refractivity contribution >= 4 is 0 Å². The van der Waals surface area contributed by atoms with Crippen molar-refractivity contribution in [1.82, 2.24) is 9.97 Å². The maximum Gasteiger partial charge on any atom is 0.326 e. The fourth-order valence-electron chi connectivity index (χ4n) is 1.62. The van der Waals surface area contributed by atoms with Crippen LogP contribution in [-0.4, -0.2) is 16.6 Å². The molecule has 0 bridgehead atoms. The Bertz CT molecular complexity index is 625. The lowest BCUT2D eigenvalue weighted by atomic mass is 10.1. The van der Waals surface area contributed by atoms with Gasteiger partial charge in [0, 0.05) is 6.07 Å². The quantitative estimate of drug-likeness (QED) is 0.879. The Morgan fingerprint density at radius 1 is 1.11 bits per heavy atom. The maximum absolute atomic E-state index is 11.2. The first-order valence-corrected chi connectivity index (χ1v) is 6.11. The lowest BCUT2D eigenvalue weighted by Gasteiger charge is -2.09. The third-order valence-electron chi connectivity index (χ3n) is 2.51. The van der Waals surface area contributed by atoms with Crippen LogP contribution in [0, 0.1) is 5.92 Å². The highest BCUT2D eigenvalue weighted by Gasteiger charge is 2.02. The highest BCUT2D eigenvalue weighted by atomic mass is 16.5. The molecule has 0 amide bonds. The zero-order valence-corrected chi connectivity index (χ0v) is 10.9. The monoisotopic (exact) mass is 260 g/mol. The summed E-state index contributed by atoms with van der Waals surface area (Å²) in [5, 5.41) is 0. The zero-order valence-electron chi connectivity index (χ0n) is 10.9. The van der Waals surface area contributed by atoms with Gasteiger partial charge in [0.25, 0.3) is 5.56 Å². The lowest BCUT2D eigenvalue weighted by molar-refractivity contribution is 0.271. The SMILES string of the molecule is CC(C)COc1ccc(-c2cc(=O)[nH]c(=O)[nH]2)cc1. The van der Waals surface area contributed by atoms with E-state index in [2.05, 4.69) is 23.8 Å². The summed E-state index contributed by atoms with van der Waals surface area (Å²) in [7, 11) is 0. The molecule has 0 spiro atoms. The molecule has 1 aromatic carbocycles. The third kappa shape index (κ3) is 3.58. The molecule has 0 radical (unpaired) electrons. The number of aromatic nitrogens is 2. The number of rotatable bonds is 4. The Hall–Kier alpha value is -2.30. The summed E-state index contributed by atoms with van der Waals surface area (Å²) in [6, 6.07) is 8.60. The topological polar surface area (TPSA) is 75.0 Å². The van der Waals surface area contributed by atoms with Crippen LogP contribution in [0.25, 0.3) is 11.3 Å². The van der Waals surface area contributed by atoms with Gasteiger partial charge in [0.05, 0.1) is 12.3 Å². The summed E-state index contributed by atoms with van der Waals surface area (Å²) >= 11 is 0. The van der Waals surface area contributed by atoms with Crippen LogP contribution in [0.5, 0.6) is 5.75 Å². The fraction of sp³-hybridized carbons (Fsp3) is 0.286. The van der Waals surface area contributed by atoms with Gasteiger partial charge in [-0.25, -0.2) is 4.79 Å². The van der Waals surface area contributed by atoms with Gasteiger partial charge in [0.1, 0.15) is 5.75 Å². The normalized spacial score (nSPS) is 10.7. The van der Waals surface area contributed by atoms with Gasteiger partial charge in [0.2, 0.25) is 0 Å². The van der Waals surface area contributed by atoms with Crippen LogP contribution in [-0.2, 0) is 0 Å². The minimum Gasteiger partial charge on any atom is -0.493 e. The molecule has 2 N–H and O–H groups in total. The van der Waals surface area contributed by atoms with Gasteiger partial charge in [0.15, 0.2) is 0 Å². The smallest absolute Gasteiger partial charge is 0.326 e. The van der Waals surface area contributed by atoms with Gasteiger partial charge < -0.3 is 9.72 Å². The van der Waals surface area contributed by atoms with Crippen LogP contribution in [0.1, 0.15) is 13.8 Å². The molecule has 19 heavy (non-hydrogen) atoms. The number of aromatic amines is 2. The van der Waals surface area contributed by atoms with Crippen LogP contribution in [0.3, 0.4) is 0 Å². The van der Waals surface area contributed by atoms with Crippen LogP contribution in [0.4, 0.5) is 0 Å². The molecule has 5 nitrogen and oxygen atoms in total. The third-order valence-corrected chi connectivity index (χ3v) is 2.51. The summed E-state index contributed by atoms with van der Waals surface area (Å²) in [6.45, 7) is 4.81. The molecule has 5 heteroatoms. The van der Waals surface area contributed by atoms with E-state index in [9.17, 15) is 9.59 Å². The number of H-pyrrole nitrogens is 2. The molecule has 1 heterocycles. The predicted molar refractivity (Wildman–Crippen MR) is 73.5 cm³/mol. The van der Waals surface area contributed by atoms with Gasteiger partial charge in [-0.2, -0.15) is 0 Å². The van der Waals surface area contributed by atoms with Crippen LogP contribution < -0.4 is 16.0 Å². The molecule has 0 aliphatic carbocycles. The largest absolute Gasteiger partial charge is 0.493 e. The van der Waals surface area contributed by atoms with Crippen molar-refractivity contribution in [2.24, 2.45) is 5.92 Å². The molecular formula is C14H16N2O3. The van der Waals surface area contributed by atoms with Gasteiger partial charge in [-0.3, -0.25) is 9.78 Å². The second-order valence-corrected chi connectivity index (χ2v) is 4.73. The molecule has 0 aliphatic rings. The average Bonchev–Trinajstić information content (AvgIpc) is 2.36. The minimum absolute atomic E-state index is 0.418. The van der Waals surface area contributed by atoms with Gasteiger partial charge >= 0.3 is 5.69 Å². The Labute approximate surface area is 110 Å². The highest BCUT2D eigenvalue weighted by molar-refractivity contribution is 5.59. The number of hydrogen-bond acceptors (Lipinski definition) is 3. The summed E-state index contributed by atoms with van der Waals surface area (Å²) in [6.07, 6.45) is 0. The van der Waals surface area contributed by atoms with Gasteiger partial charge in [-0.05, 0) is 35.7 Å².